The molecule has 0 bridgehead atoms. The van der Waals surface area contributed by atoms with Gasteiger partial charge in [-0.3, -0.25) is 9.36 Å². The number of esters is 1. The number of nitrogens with zero attached hydrogens (tertiary/aromatic N) is 2. The van der Waals surface area contributed by atoms with Crippen LogP contribution in [0.3, 0.4) is 0 Å². The first-order valence-electron chi connectivity index (χ1n) is 6.16. The fourth-order valence-corrected chi connectivity index (χ4v) is 2.04. The number of hydrogen-bond acceptors (Lipinski definition) is 9. The van der Waals surface area contributed by atoms with Crippen molar-refractivity contribution in [3.63, 3.8) is 0 Å². The number of ether oxygens (including phenoxy) is 2. The molecule has 1 saturated heterocycles. The van der Waals surface area contributed by atoms with Gasteiger partial charge < -0.3 is 31.2 Å². The molecule has 10 heteroatoms. The summed E-state index contributed by atoms with van der Waals surface area (Å²) in [5.74, 6) is -0.758. The standard InChI is InChI=1S/C11H16N4O6/c12-3-7(17)21-9-8(18)5(4-16)20-10(9)15-2-1-6(13)14-11(15)19/h1-2,5,8-10,16,18H,3-4,12H2,(H2,13,14,19)/t5-,8-,9+,10-/m1/s1. The lowest BCUT2D eigenvalue weighted by Gasteiger charge is -2.21. The Kier molecular flexibility index (Phi) is 4.53. The molecule has 116 valence electrons. The summed E-state index contributed by atoms with van der Waals surface area (Å²) in [4.78, 5) is 26.7. The van der Waals surface area contributed by atoms with Crippen LogP contribution in [0.5, 0.6) is 0 Å². The topological polar surface area (TPSA) is 163 Å². The Morgan fingerprint density at radius 1 is 1.57 bits per heavy atom. The maximum absolute atomic E-state index is 11.8. The van der Waals surface area contributed by atoms with Gasteiger partial charge in [0.1, 0.15) is 18.0 Å². The van der Waals surface area contributed by atoms with Crippen LogP contribution in [-0.2, 0) is 14.3 Å². The number of carbonyl (C=O) groups is 1. The quantitative estimate of drug-likeness (QED) is 0.423. The minimum atomic E-state index is -1.31. The number of anilines is 1. The molecular formula is C11H16N4O6. The summed E-state index contributed by atoms with van der Waals surface area (Å²) >= 11 is 0. The van der Waals surface area contributed by atoms with Crippen LogP contribution in [0.25, 0.3) is 0 Å². The minimum absolute atomic E-state index is 0.0176. The second kappa shape index (κ2) is 6.18. The summed E-state index contributed by atoms with van der Waals surface area (Å²) in [6.45, 7) is -0.903. The largest absolute Gasteiger partial charge is 0.454 e. The number of nitrogens with two attached hydrogens (primary N) is 2. The van der Waals surface area contributed by atoms with Crippen molar-refractivity contribution in [2.45, 2.75) is 24.5 Å². The van der Waals surface area contributed by atoms with Gasteiger partial charge in [0.25, 0.3) is 0 Å². The Balaban J connectivity index is 2.34. The molecule has 0 aliphatic carbocycles. The molecule has 6 N–H and O–H groups in total. The molecular weight excluding hydrogens is 284 g/mol. The predicted molar refractivity (Wildman–Crippen MR) is 68.8 cm³/mol. The van der Waals surface area contributed by atoms with Gasteiger partial charge in [-0.15, -0.1) is 0 Å². The smallest absolute Gasteiger partial charge is 0.351 e. The van der Waals surface area contributed by atoms with Crippen molar-refractivity contribution < 1.29 is 24.5 Å². The van der Waals surface area contributed by atoms with Crippen LogP contribution in [0.4, 0.5) is 5.82 Å². The molecule has 2 rings (SSSR count). The molecule has 0 radical (unpaired) electrons. The first-order valence-corrected chi connectivity index (χ1v) is 6.16. The summed E-state index contributed by atoms with van der Waals surface area (Å²) in [5, 5.41) is 19.2. The number of rotatable bonds is 4. The molecule has 0 spiro atoms. The number of aliphatic hydroxyl groups excluding tert-OH is 2. The monoisotopic (exact) mass is 300 g/mol. The molecule has 4 atom stereocenters. The zero-order valence-corrected chi connectivity index (χ0v) is 11.0. The van der Waals surface area contributed by atoms with E-state index in [4.69, 9.17) is 26.0 Å². The zero-order chi connectivity index (χ0) is 15.6. The molecule has 0 aromatic carbocycles. The van der Waals surface area contributed by atoms with E-state index in [1.54, 1.807) is 0 Å². The van der Waals surface area contributed by atoms with E-state index in [2.05, 4.69) is 4.98 Å². The molecule has 1 aliphatic rings. The Labute approximate surface area is 118 Å². The molecule has 21 heavy (non-hydrogen) atoms. The zero-order valence-electron chi connectivity index (χ0n) is 11.0. The highest BCUT2D eigenvalue weighted by molar-refractivity contribution is 5.71. The molecule has 1 aromatic rings. The lowest BCUT2D eigenvalue weighted by atomic mass is 10.1. The Hall–Kier alpha value is -2.01. The van der Waals surface area contributed by atoms with Gasteiger partial charge in [0.2, 0.25) is 0 Å². The summed E-state index contributed by atoms with van der Waals surface area (Å²) in [6.07, 6.45) is -3.34. The lowest BCUT2D eigenvalue weighted by Crippen LogP contribution is -2.40. The summed E-state index contributed by atoms with van der Waals surface area (Å²) in [5.41, 5.74) is 9.80. The normalized spacial score (nSPS) is 28.5. The third kappa shape index (κ3) is 3.03. The van der Waals surface area contributed by atoms with Crippen molar-refractivity contribution in [2.24, 2.45) is 5.73 Å². The highest BCUT2D eigenvalue weighted by Gasteiger charge is 2.47. The molecule has 0 unspecified atom stereocenters. The van der Waals surface area contributed by atoms with Crippen LogP contribution in [0.2, 0.25) is 0 Å². The van der Waals surface area contributed by atoms with Gasteiger partial charge in [-0.25, -0.2) is 4.79 Å². The number of aromatic nitrogens is 2. The Morgan fingerprint density at radius 3 is 2.86 bits per heavy atom. The second-order valence-electron chi connectivity index (χ2n) is 4.44. The molecule has 10 nitrogen and oxygen atoms in total. The van der Waals surface area contributed by atoms with E-state index in [1.165, 1.54) is 12.3 Å². The number of carbonyl (C=O) groups excluding carboxylic acids is 1. The van der Waals surface area contributed by atoms with Gasteiger partial charge in [0.05, 0.1) is 13.2 Å². The summed E-state index contributed by atoms with van der Waals surface area (Å²) in [6, 6.07) is 1.35. The maximum Gasteiger partial charge on any atom is 0.351 e. The molecule has 1 fully saturated rings. The molecule has 0 saturated carbocycles. The van der Waals surface area contributed by atoms with Crippen molar-refractivity contribution in [1.29, 1.82) is 0 Å². The lowest BCUT2D eigenvalue weighted by molar-refractivity contribution is -0.157. The molecule has 1 aliphatic heterocycles. The third-order valence-corrected chi connectivity index (χ3v) is 3.05. The Bertz CT molecular complexity index is 576. The summed E-state index contributed by atoms with van der Waals surface area (Å²) < 4.78 is 11.4. The molecule has 1 aromatic heterocycles. The maximum atomic E-state index is 11.8. The first-order chi connectivity index (χ1) is 9.97. The van der Waals surface area contributed by atoms with E-state index < -0.39 is 49.4 Å². The van der Waals surface area contributed by atoms with Gasteiger partial charge in [-0.2, -0.15) is 4.98 Å². The van der Waals surface area contributed by atoms with Crippen molar-refractivity contribution >= 4 is 11.8 Å². The minimum Gasteiger partial charge on any atom is -0.454 e. The third-order valence-electron chi connectivity index (χ3n) is 3.05. The van der Waals surface area contributed by atoms with Crippen LogP contribution >= 0.6 is 0 Å². The number of aliphatic hydroxyl groups is 2. The van der Waals surface area contributed by atoms with E-state index in [-0.39, 0.29) is 5.82 Å². The first kappa shape index (κ1) is 15.4. The van der Waals surface area contributed by atoms with Crippen LogP contribution in [0, 0.1) is 0 Å². The number of nitrogen functional groups attached to an aromatic ring is 1. The van der Waals surface area contributed by atoms with E-state index in [0.29, 0.717) is 0 Å². The van der Waals surface area contributed by atoms with Crippen molar-refractivity contribution in [3.8, 4) is 0 Å². The van der Waals surface area contributed by atoms with Gasteiger partial charge >= 0.3 is 11.7 Å². The number of hydrogen-bond donors (Lipinski definition) is 4. The van der Waals surface area contributed by atoms with Crippen molar-refractivity contribution in [3.05, 3.63) is 22.7 Å². The van der Waals surface area contributed by atoms with Gasteiger partial charge in [0.15, 0.2) is 12.3 Å². The van der Waals surface area contributed by atoms with E-state index in [9.17, 15) is 14.7 Å². The SMILES string of the molecule is NCC(=O)O[C@H]1[C@H](O)[C@@H](CO)O[C@H]1n1ccc(N)nc1=O. The Morgan fingerprint density at radius 2 is 2.29 bits per heavy atom. The van der Waals surface area contributed by atoms with Crippen LogP contribution in [0.15, 0.2) is 17.1 Å². The van der Waals surface area contributed by atoms with Gasteiger partial charge in [-0.1, -0.05) is 0 Å². The van der Waals surface area contributed by atoms with Crippen LogP contribution in [0.1, 0.15) is 6.23 Å². The fourth-order valence-electron chi connectivity index (χ4n) is 2.04. The van der Waals surface area contributed by atoms with E-state index in [0.717, 1.165) is 4.57 Å². The average Bonchev–Trinajstić information content (AvgIpc) is 2.76. The predicted octanol–water partition coefficient (Wildman–Crippen LogP) is -3.05. The molecule has 2 heterocycles. The van der Waals surface area contributed by atoms with Crippen LogP contribution in [-0.4, -0.2) is 57.2 Å². The van der Waals surface area contributed by atoms with E-state index >= 15 is 0 Å². The average molecular weight is 300 g/mol. The summed E-state index contributed by atoms with van der Waals surface area (Å²) in [7, 11) is 0. The van der Waals surface area contributed by atoms with Crippen LogP contribution < -0.4 is 17.2 Å². The van der Waals surface area contributed by atoms with Gasteiger partial charge in [-0.05, 0) is 6.07 Å². The van der Waals surface area contributed by atoms with Gasteiger partial charge in [0, 0.05) is 6.20 Å². The molecule has 0 amide bonds. The van der Waals surface area contributed by atoms with Crippen molar-refractivity contribution in [2.75, 3.05) is 18.9 Å². The van der Waals surface area contributed by atoms with E-state index in [1.807, 2.05) is 0 Å². The fraction of sp³-hybridized carbons (Fsp3) is 0.545. The highest BCUT2D eigenvalue weighted by atomic mass is 16.6. The van der Waals surface area contributed by atoms with Crippen molar-refractivity contribution in [1.82, 2.24) is 9.55 Å². The highest BCUT2D eigenvalue weighted by Crippen LogP contribution is 2.30. The second-order valence-corrected chi connectivity index (χ2v) is 4.44.